The van der Waals surface area contributed by atoms with Crippen molar-refractivity contribution in [2.45, 2.75) is 0 Å². The molecule has 0 aliphatic carbocycles. The lowest BCUT2D eigenvalue weighted by Crippen LogP contribution is -2.16. The number of carbonyl (C=O) groups is 2. The van der Waals surface area contributed by atoms with Crippen molar-refractivity contribution in [2.24, 2.45) is 0 Å². The highest BCUT2D eigenvalue weighted by Crippen LogP contribution is 2.00. The van der Waals surface area contributed by atoms with E-state index in [2.05, 4.69) is 15.4 Å². The lowest BCUT2D eigenvalue weighted by atomic mass is 10.2. The third-order valence-corrected chi connectivity index (χ3v) is 1.03. The van der Waals surface area contributed by atoms with Gasteiger partial charge in [-0.05, 0) is 5.21 Å². The van der Waals surface area contributed by atoms with Gasteiger partial charge in [-0.2, -0.15) is 4.39 Å². The van der Waals surface area contributed by atoms with Crippen molar-refractivity contribution in [3.8, 4) is 0 Å². The Morgan fingerprint density at radius 1 is 1.50 bits per heavy atom. The third-order valence-electron chi connectivity index (χ3n) is 1.03. The van der Waals surface area contributed by atoms with Crippen molar-refractivity contribution in [1.29, 1.82) is 0 Å². The monoisotopic (exact) mass is 171 g/mol. The lowest BCUT2D eigenvalue weighted by molar-refractivity contribution is -0.131. The van der Waals surface area contributed by atoms with Crippen LogP contribution in [0, 0.1) is 5.95 Å². The van der Waals surface area contributed by atoms with Crippen LogP contribution in [0.2, 0.25) is 0 Å². The molecule has 0 unspecified atom stereocenters. The van der Waals surface area contributed by atoms with Crippen LogP contribution in [-0.4, -0.2) is 32.3 Å². The summed E-state index contributed by atoms with van der Waals surface area (Å²) in [7, 11) is 0. The molecular formula is C5H2FN3O3. The Labute approximate surface area is 65.0 Å². The molecule has 0 spiro atoms. The minimum Gasteiger partial charge on any atom is -0.475 e. The van der Waals surface area contributed by atoms with Gasteiger partial charge in [-0.15, -0.1) is 5.10 Å². The van der Waals surface area contributed by atoms with Gasteiger partial charge in [-0.3, -0.25) is 4.79 Å². The minimum absolute atomic E-state index is 0.697. The molecule has 1 rings (SSSR count). The van der Waals surface area contributed by atoms with Gasteiger partial charge in [0.05, 0.1) is 6.20 Å². The van der Waals surface area contributed by atoms with Gasteiger partial charge in [0.2, 0.25) is 5.95 Å². The lowest BCUT2D eigenvalue weighted by Gasteiger charge is -1.92. The second-order valence-corrected chi connectivity index (χ2v) is 1.77. The first-order valence-electron chi connectivity index (χ1n) is 2.74. The van der Waals surface area contributed by atoms with Crippen LogP contribution in [0.15, 0.2) is 6.20 Å². The number of carboxylic acid groups (broad SMARTS) is 1. The molecule has 6 nitrogen and oxygen atoms in total. The van der Waals surface area contributed by atoms with E-state index in [-0.39, 0.29) is 0 Å². The smallest absolute Gasteiger partial charge is 0.377 e. The largest absolute Gasteiger partial charge is 0.475 e. The molecule has 62 valence electrons. The molecule has 0 aliphatic rings. The van der Waals surface area contributed by atoms with E-state index in [0.29, 0.717) is 6.20 Å². The SMILES string of the molecule is O=C(O)C(=O)c1cnnnc1F. The predicted molar refractivity (Wildman–Crippen MR) is 31.8 cm³/mol. The maximum Gasteiger partial charge on any atom is 0.377 e. The van der Waals surface area contributed by atoms with E-state index >= 15 is 0 Å². The molecule has 12 heavy (non-hydrogen) atoms. The molecule has 1 heterocycles. The number of carbonyl (C=O) groups excluding carboxylic acids is 1. The maximum atomic E-state index is 12.5. The number of hydrogen-bond donors (Lipinski definition) is 1. The summed E-state index contributed by atoms with van der Waals surface area (Å²) in [5, 5.41) is 16.9. The van der Waals surface area contributed by atoms with Crippen molar-refractivity contribution >= 4 is 11.8 Å². The molecule has 0 atom stereocenters. The van der Waals surface area contributed by atoms with Gasteiger partial charge >= 0.3 is 5.97 Å². The molecule has 1 aromatic rings. The predicted octanol–water partition coefficient (Wildman–Crippen LogP) is -0.722. The van der Waals surface area contributed by atoms with Crippen LogP contribution >= 0.6 is 0 Å². The molecule has 0 fully saturated rings. The number of ketones is 1. The number of halogens is 1. The molecular weight excluding hydrogens is 169 g/mol. The Bertz CT molecular complexity index is 340. The van der Waals surface area contributed by atoms with E-state index in [4.69, 9.17) is 5.11 Å². The van der Waals surface area contributed by atoms with Gasteiger partial charge in [-0.25, -0.2) is 4.79 Å². The fourth-order valence-electron chi connectivity index (χ4n) is 0.523. The fourth-order valence-corrected chi connectivity index (χ4v) is 0.523. The molecule has 0 aromatic carbocycles. The molecule has 0 amide bonds. The average molecular weight is 171 g/mol. The Morgan fingerprint density at radius 3 is 2.67 bits per heavy atom. The number of nitrogens with zero attached hydrogens (tertiary/aromatic N) is 3. The first-order chi connectivity index (χ1) is 5.63. The average Bonchev–Trinajstić information content (AvgIpc) is 2.04. The number of aliphatic carboxylic acids is 1. The van der Waals surface area contributed by atoms with Gasteiger partial charge in [0.1, 0.15) is 5.56 Å². The zero-order chi connectivity index (χ0) is 9.14. The first kappa shape index (κ1) is 8.18. The highest BCUT2D eigenvalue weighted by molar-refractivity contribution is 6.39. The van der Waals surface area contributed by atoms with Crippen LogP contribution in [0.4, 0.5) is 4.39 Å². The second kappa shape index (κ2) is 2.99. The summed E-state index contributed by atoms with van der Waals surface area (Å²) in [6.07, 6.45) is 0.707. The number of Topliss-reactive ketones (excluding diaryl/α,β-unsaturated/α-hetero) is 1. The molecule has 1 aromatic heterocycles. The molecule has 0 saturated heterocycles. The summed E-state index contributed by atoms with van der Waals surface area (Å²) in [4.78, 5) is 20.7. The summed E-state index contributed by atoms with van der Waals surface area (Å²) in [6.45, 7) is 0. The van der Waals surface area contributed by atoms with E-state index in [1.807, 2.05) is 0 Å². The van der Waals surface area contributed by atoms with E-state index in [9.17, 15) is 14.0 Å². The quantitative estimate of drug-likeness (QED) is 0.466. The molecule has 1 N–H and O–H groups in total. The number of rotatable bonds is 2. The summed E-state index contributed by atoms with van der Waals surface area (Å²) in [5.41, 5.74) is -0.697. The highest BCUT2D eigenvalue weighted by Gasteiger charge is 2.20. The zero-order valence-electron chi connectivity index (χ0n) is 5.56. The first-order valence-corrected chi connectivity index (χ1v) is 2.74. The van der Waals surface area contributed by atoms with Crippen LogP contribution in [0.5, 0.6) is 0 Å². The van der Waals surface area contributed by atoms with Gasteiger partial charge in [0, 0.05) is 0 Å². The minimum atomic E-state index is -1.76. The molecule has 0 saturated carbocycles. The fraction of sp³-hybridized carbons (Fsp3) is 0. The van der Waals surface area contributed by atoms with E-state index in [0.717, 1.165) is 0 Å². The highest BCUT2D eigenvalue weighted by atomic mass is 19.1. The van der Waals surface area contributed by atoms with Crippen LogP contribution in [0.1, 0.15) is 10.4 Å². The van der Waals surface area contributed by atoms with Gasteiger partial charge in [0.25, 0.3) is 5.78 Å². The van der Waals surface area contributed by atoms with Crippen LogP contribution < -0.4 is 0 Å². The van der Waals surface area contributed by atoms with E-state index in [1.165, 1.54) is 0 Å². The Hall–Kier alpha value is -1.92. The Balaban J connectivity index is 3.11. The van der Waals surface area contributed by atoms with Crippen molar-refractivity contribution in [3.63, 3.8) is 0 Å². The van der Waals surface area contributed by atoms with Crippen molar-refractivity contribution in [3.05, 3.63) is 17.7 Å². The van der Waals surface area contributed by atoms with Crippen LogP contribution in [0.3, 0.4) is 0 Å². The van der Waals surface area contributed by atoms with Gasteiger partial charge < -0.3 is 5.11 Å². The summed E-state index contributed by atoms with van der Waals surface area (Å²) < 4.78 is 12.5. The second-order valence-electron chi connectivity index (χ2n) is 1.77. The summed E-state index contributed by atoms with van der Waals surface area (Å²) >= 11 is 0. The van der Waals surface area contributed by atoms with Crippen molar-refractivity contribution < 1.29 is 19.1 Å². The van der Waals surface area contributed by atoms with Gasteiger partial charge in [0.15, 0.2) is 0 Å². The number of aromatic nitrogens is 3. The summed E-state index contributed by atoms with van der Waals surface area (Å²) in [6, 6.07) is 0. The summed E-state index contributed by atoms with van der Waals surface area (Å²) in [5.74, 6) is -4.39. The van der Waals surface area contributed by atoms with Gasteiger partial charge in [-0.1, -0.05) is 5.10 Å². The standard InChI is InChI=1S/C5H2FN3O3/c6-4-2(1-7-9-8-4)3(10)5(11)12/h1H,(H,11,12). The zero-order valence-corrected chi connectivity index (χ0v) is 5.56. The number of carboxylic acids is 1. The third kappa shape index (κ3) is 1.39. The Morgan fingerprint density at radius 2 is 2.17 bits per heavy atom. The molecule has 7 heteroatoms. The molecule has 0 radical (unpaired) electrons. The van der Waals surface area contributed by atoms with E-state index < -0.39 is 23.3 Å². The Kier molecular flexibility index (Phi) is 2.04. The topological polar surface area (TPSA) is 93.0 Å². The maximum absolute atomic E-state index is 12.5. The van der Waals surface area contributed by atoms with Crippen molar-refractivity contribution in [1.82, 2.24) is 15.4 Å². The van der Waals surface area contributed by atoms with Crippen molar-refractivity contribution in [2.75, 3.05) is 0 Å². The van der Waals surface area contributed by atoms with Crippen LogP contribution in [0.25, 0.3) is 0 Å². The molecule has 0 aliphatic heterocycles. The normalized spacial score (nSPS) is 9.42. The molecule has 0 bridgehead atoms. The van der Waals surface area contributed by atoms with E-state index in [1.54, 1.807) is 0 Å². The number of hydrogen-bond acceptors (Lipinski definition) is 5. The van der Waals surface area contributed by atoms with Crippen LogP contribution in [-0.2, 0) is 4.79 Å².